The van der Waals surface area contributed by atoms with Gasteiger partial charge in [-0.1, -0.05) is 22.0 Å². The number of nitrogens with zero attached hydrogens (tertiary/aromatic N) is 2. The molecule has 0 radical (unpaired) electrons. The fourth-order valence-electron chi connectivity index (χ4n) is 2.20. The molecule has 3 aromatic rings. The van der Waals surface area contributed by atoms with Gasteiger partial charge in [-0.3, -0.25) is 4.57 Å². The Balaban J connectivity index is 2.42. The van der Waals surface area contributed by atoms with Crippen LogP contribution in [0.2, 0.25) is 0 Å². The molecule has 108 valence electrons. The second-order valence-electron chi connectivity index (χ2n) is 4.32. The maximum Gasteiger partial charge on any atom is 0.151 e. The number of alkyl halides is 1. The third kappa shape index (κ3) is 2.32. The van der Waals surface area contributed by atoms with Crippen LogP contribution in [-0.2, 0) is 5.88 Å². The summed E-state index contributed by atoms with van der Waals surface area (Å²) < 4.78 is 43.6. The van der Waals surface area contributed by atoms with Gasteiger partial charge in [0.25, 0.3) is 0 Å². The highest BCUT2D eigenvalue weighted by Crippen LogP contribution is 2.29. The van der Waals surface area contributed by atoms with Crippen molar-refractivity contribution in [3.05, 3.63) is 58.1 Å². The molecule has 0 aliphatic heterocycles. The normalized spacial score (nSPS) is 11.3. The van der Waals surface area contributed by atoms with E-state index in [1.807, 2.05) is 0 Å². The number of fused-ring (bicyclic) bond motifs is 1. The lowest BCUT2D eigenvalue weighted by Gasteiger charge is -2.10. The van der Waals surface area contributed by atoms with Gasteiger partial charge >= 0.3 is 0 Å². The standard InChI is InChI=1S/C14H7BrClF3N2/c15-7-4-9(18)14(10(19)5-7)21-11-3-1-2-8(17)13(11)20-12(21)6-16/h1-5H,6H2. The molecule has 2 aromatic carbocycles. The molecule has 0 amide bonds. The van der Waals surface area contributed by atoms with Crippen LogP contribution in [0.25, 0.3) is 16.7 Å². The van der Waals surface area contributed by atoms with E-state index in [2.05, 4.69) is 20.9 Å². The Bertz CT molecular complexity index is 825. The first-order valence-corrected chi connectivity index (χ1v) is 7.22. The van der Waals surface area contributed by atoms with E-state index >= 15 is 0 Å². The van der Waals surface area contributed by atoms with E-state index in [4.69, 9.17) is 11.6 Å². The van der Waals surface area contributed by atoms with Crippen molar-refractivity contribution in [2.24, 2.45) is 0 Å². The summed E-state index contributed by atoms with van der Waals surface area (Å²) in [4.78, 5) is 4.02. The molecule has 3 rings (SSSR count). The van der Waals surface area contributed by atoms with Crippen LogP contribution in [0, 0.1) is 17.5 Å². The van der Waals surface area contributed by atoms with Gasteiger partial charge in [0.15, 0.2) is 17.5 Å². The second kappa shape index (κ2) is 5.35. The zero-order valence-corrected chi connectivity index (χ0v) is 12.7. The number of benzene rings is 2. The molecule has 0 spiro atoms. The Morgan fingerprint density at radius 3 is 2.38 bits per heavy atom. The number of rotatable bonds is 2. The molecule has 0 saturated heterocycles. The zero-order chi connectivity index (χ0) is 15.1. The van der Waals surface area contributed by atoms with Crippen LogP contribution in [0.4, 0.5) is 13.2 Å². The quantitative estimate of drug-likeness (QED) is 0.580. The molecule has 0 N–H and O–H groups in total. The Kier molecular flexibility index (Phi) is 3.67. The van der Waals surface area contributed by atoms with E-state index in [1.54, 1.807) is 0 Å². The predicted molar refractivity (Wildman–Crippen MR) is 78.2 cm³/mol. The predicted octanol–water partition coefficient (Wildman–Crippen LogP) is 4.94. The first kappa shape index (κ1) is 14.4. The lowest BCUT2D eigenvalue weighted by Crippen LogP contribution is -2.05. The molecule has 2 nitrogen and oxygen atoms in total. The maximum absolute atomic E-state index is 14.2. The van der Waals surface area contributed by atoms with Gasteiger partial charge < -0.3 is 0 Å². The highest BCUT2D eigenvalue weighted by atomic mass is 79.9. The number of hydrogen-bond donors (Lipinski definition) is 0. The second-order valence-corrected chi connectivity index (χ2v) is 5.51. The van der Waals surface area contributed by atoms with Crippen molar-refractivity contribution in [2.45, 2.75) is 5.88 Å². The lowest BCUT2D eigenvalue weighted by molar-refractivity contribution is 0.567. The molecule has 7 heteroatoms. The van der Waals surface area contributed by atoms with Crippen LogP contribution in [-0.4, -0.2) is 9.55 Å². The van der Waals surface area contributed by atoms with Crippen LogP contribution in [0.3, 0.4) is 0 Å². The smallest absolute Gasteiger partial charge is 0.151 e. The van der Waals surface area contributed by atoms with Crippen LogP contribution in [0.1, 0.15) is 5.82 Å². The minimum Gasteiger partial charge on any atom is -0.290 e. The van der Waals surface area contributed by atoms with E-state index in [0.29, 0.717) is 0 Å². The fourth-order valence-corrected chi connectivity index (χ4v) is 2.78. The first-order valence-electron chi connectivity index (χ1n) is 5.89. The summed E-state index contributed by atoms with van der Waals surface area (Å²) in [5.41, 5.74) is -0.0532. The summed E-state index contributed by atoms with van der Waals surface area (Å²) in [6.45, 7) is 0. The number of imidazole rings is 1. The average molecular weight is 376 g/mol. The van der Waals surface area contributed by atoms with Gasteiger partial charge in [0, 0.05) is 4.47 Å². The van der Waals surface area contributed by atoms with E-state index in [-0.39, 0.29) is 32.9 Å². The molecular weight excluding hydrogens is 369 g/mol. The number of hydrogen-bond acceptors (Lipinski definition) is 1. The van der Waals surface area contributed by atoms with E-state index in [1.165, 1.54) is 22.8 Å². The summed E-state index contributed by atoms with van der Waals surface area (Å²) in [5.74, 6) is -2.11. The summed E-state index contributed by atoms with van der Waals surface area (Å²) in [6.07, 6.45) is 0. The average Bonchev–Trinajstić information content (AvgIpc) is 2.78. The van der Waals surface area contributed by atoms with Gasteiger partial charge in [0.05, 0.1) is 11.4 Å². The third-order valence-electron chi connectivity index (χ3n) is 3.03. The van der Waals surface area contributed by atoms with Gasteiger partial charge in [-0.05, 0) is 24.3 Å². The maximum atomic E-state index is 14.2. The highest BCUT2D eigenvalue weighted by molar-refractivity contribution is 9.10. The molecule has 21 heavy (non-hydrogen) atoms. The van der Waals surface area contributed by atoms with Crippen molar-refractivity contribution in [2.75, 3.05) is 0 Å². The molecule has 0 aliphatic rings. The number of aromatic nitrogens is 2. The summed E-state index contributed by atoms with van der Waals surface area (Å²) in [6, 6.07) is 6.46. The third-order valence-corrected chi connectivity index (χ3v) is 3.73. The molecule has 0 atom stereocenters. The van der Waals surface area contributed by atoms with Crippen molar-refractivity contribution in [1.29, 1.82) is 0 Å². The molecule has 0 unspecified atom stereocenters. The largest absolute Gasteiger partial charge is 0.290 e. The SMILES string of the molecule is Fc1cc(Br)cc(F)c1-n1c(CCl)nc2c(F)cccc21. The minimum atomic E-state index is -0.795. The Morgan fingerprint density at radius 2 is 1.76 bits per heavy atom. The van der Waals surface area contributed by atoms with Crippen molar-refractivity contribution < 1.29 is 13.2 Å². The van der Waals surface area contributed by atoms with Crippen molar-refractivity contribution in [1.82, 2.24) is 9.55 Å². The molecule has 1 aromatic heterocycles. The number of halogens is 5. The number of para-hydroxylation sites is 1. The minimum absolute atomic E-state index is 0.0230. The topological polar surface area (TPSA) is 17.8 Å². The Labute approximate surface area is 131 Å². The highest BCUT2D eigenvalue weighted by Gasteiger charge is 2.20. The van der Waals surface area contributed by atoms with Gasteiger partial charge in [0.1, 0.15) is 17.0 Å². The van der Waals surface area contributed by atoms with E-state index in [9.17, 15) is 13.2 Å². The van der Waals surface area contributed by atoms with Gasteiger partial charge in [0.2, 0.25) is 0 Å². The molecule has 0 fully saturated rings. The van der Waals surface area contributed by atoms with Crippen molar-refractivity contribution in [3.63, 3.8) is 0 Å². The fraction of sp³-hybridized carbons (Fsp3) is 0.0714. The van der Waals surface area contributed by atoms with Crippen LogP contribution in [0.15, 0.2) is 34.8 Å². The summed E-state index contributed by atoms with van der Waals surface area (Å²) in [5, 5.41) is 0. The van der Waals surface area contributed by atoms with E-state index in [0.717, 1.165) is 12.1 Å². The molecule has 1 heterocycles. The summed E-state index contributed by atoms with van der Waals surface area (Å²) >= 11 is 8.80. The van der Waals surface area contributed by atoms with Crippen LogP contribution < -0.4 is 0 Å². The zero-order valence-electron chi connectivity index (χ0n) is 10.4. The Morgan fingerprint density at radius 1 is 1.10 bits per heavy atom. The van der Waals surface area contributed by atoms with Crippen molar-refractivity contribution in [3.8, 4) is 5.69 Å². The first-order chi connectivity index (χ1) is 10.0. The molecule has 0 saturated carbocycles. The molecular formula is C14H7BrClF3N2. The van der Waals surface area contributed by atoms with Gasteiger partial charge in [-0.25, -0.2) is 18.2 Å². The molecule has 0 aliphatic carbocycles. The monoisotopic (exact) mass is 374 g/mol. The van der Waals surface area contributed by atoms with E-state index < -0.39 is 17.5 Å². The van der Waals surface area contributed by atoms with Crippen LogP contribution in [0.5, 0.6) is 0 Å². The van der Waals surface area contributed by atoms with Gasteiger partial charge in [-0.2, -0.15) is 0 Å². The van der Waals surface area contributed by atoms with Crippen LogP contribution >= 0.6 is 27.5 Å². The molecule has 0 bridgehead atoms. The lowest BCUT2D eigenvalue weighted by atomic mass is 10.2. The Hall–Kier alpha value is -1.53. The summed E-state index contributed by atoms with van der Waals surface area (Å²) in [7, 11) is 0. The van der Waals surface area contributed by atoms with Gasteiger partial charge in [-0.15, -0.1) is 11.6 Å². The van der Waals surface area contributed by atoms with Crippen molar-refractivity contribution >= 4 is 38.6 Å².